The lowest BCUT2D eigenvalue weighted by Crippen LogP contribution is -2.15. The van der Waals surface area contributed by atoms with E-state index in [-0.39, 0.29) is 18.1 Å². The second-order valence-corrected chi connectivity index (χ2v) is 7.32. The molecule has 6 nitrogen and oxygen atoms in total. The fourth-order valence-corrected chi connectivity index (χ4v) is 3.66. The standard InChI is InChI=1S/C25H18FN5O/c26-19-8-6-16(7-9-19)14-22(32)30-21-15-18(10-12-27-21)24-23(17-4-2-1-3-5-17)25-20(29-24)11-13-28-31-25/h1-13,15,29H,14H2,(H,27,30,32). The molecular formula is C25H18FN5O. The molecule has 3 heterocycles. The summed E-state index contributed by atoms with van der Waals surface area (Å²) in [6.07, 6.45) is 3.42. The molecule has 0 bridgehead atoms. The van der Waals surface area contributed by atoms with Crippen LogP contribution in [-0.4, -0.2) is 26.1 Å². The van der Waals surface area contributed by atoms with Gasteiger partial charge in [-0.3, -0.25) is 4.79 Å². The molecule has 0 spiro atoms. The molecule has 0 saturated heterocycles. The number of amides is 1. The lowest BCUT2D eigenvalue weighted by molar-refractivity contribution is -0.115. The lowest BCUT2D eigenvalue weighted by Gasteiger charge is -2.08. The first-order chi connectivity index (χ1) is 15.7. The van der Waals surface area contributed by atoms with Crippen molar-refractivity contribution in [3.63, 3.8) is 0 Å². The number of benzene rings is 2. The van der Waals surface area contributed by atoms with Crippen LogP contribution in [0.5, 0.6) is 0 Å². The number of anilines is 1. The molecular weight excluding hydrogens is 405 g/mol. The number of aromatic nitrogens is 4. The van der Waals surface area contributed by atoms with E-state index in [1.165, 1.54) is 12.1 Å². The molecule has 2 N–H and O–H groups in total. The Hall–Kier alpha value is -4.39. The maximum Gasteiger partial charge on any atom is 0.229 e. The van der Waals surface area contributed by atoms with Crippen molar-refractivity contribution in [1.82, 2.24) is 20.2 Å². The smallest absolute Gasteiger partial charge is 0.229 e. The van der Waals surface area contributed by atoms with E-state index in [1.54, 1.807) is 24.5 Å². The van der Waals surface area contributed by atoms with E-state index in [2.05, 4.69) is 25.5 Å². The van der Waals surface area contributed by atoms with Crippen LogP contribution in [0.4, 0.5) is 10.2 Å². The molecule has 0 fully saturated rings. The normalized spacial score (nSPS) is 10.9. The number of H-pyrrole nitrogens is 1. The van der Waals surface area contributed by atoms with Gasteiger partial charge in [-0.05, 0) is 41.5 Å². The van der Waals surface area contributed by atoms with Crippen molar-refractivity contribution in [2.24, 2.45) is 0 Å². The molecule has 0 radical (unpaired) electrons. The minimum atomic E-state index is -0.333. The summed E-state index contributed by atoms with van der Waals surface area (Å²) in [5, 5.41) is 11.2. The highest BCUT2D eigenvalue weighted by molar-refractivity contribution is 6.01. The number of carbonyl (C=O) groups excluding carboxylic acids is 1. The highest BCUT2D eigenvalue weighted by Gasteiger charge is 2.17. The van der Waals surface area contributed by atoms with Crippen LogP contribution >= 0.6 is 0 Å². The molecule has 1 amide bonds. The fraction of sp³-hybridized carbons (Fsp3) is 0.0400. The number of nitrogens with zero attached hydrogens (tertiary/aromatic N) is 3. The zero-order valence-electron chi connectivity index (χ0n) is 16.9. The van der Waals surface area contributed by atoms with Crippen molar-refractivity contribution in [1.29, 1.82) is 0 Å². The summed E-state index contributed by atoms with van der Waals surface area (Å²) in [4.78, 5) is 20.2. The molecule has 0 aliphatic rings. The van der Waals surface area contributed by atoms with Gasteiger partial charge in [-0.25, -0.2) is 9.37 Å². The first-order valence-electron chi connectivity index (χ1n) is 10.1. The summed E-state index contributed by atoms with van der Waals surface area (Å²) in [6.45, 7) is 0. The molecule has 5 rings (SSSR count). The third-order valence-electron chi connectivity index (χ3n) is 5.12. The number of halogens is 1. The summed E-state index contributed by atoms with van der Waals surface area (Å²) < 4.78 is 13.1. The van der Waals surface area contributed by atoms with Gasteiger partial charge < -0.3 is 10.3 Å². The van der Waals surface area contributed by atoms with Crippen molar-refractivity contribution in [3.8, 4) is 22.4 Å². The number of pyridine rings is 1. The second kappa shape index (κ2) is 8.39. The minimum absolute atomic E-state index is 0.128. The van der Waals surface area contributed by atoms with Crippen LogP contribution < -0.4 is 5.32 Å². The van der Waals surface area contributed by atoms with Gasteiger partial charge in [0.2, 0.25) is 5.91 Å². The van der Waals surface area contributed by atoms with Crippen molar-refractivity contribution >= 4 is 22.8 Å². The first kappa shape index (κ1) is 19.6. The molecule has 156 valence electrons. The van der Waals surface area contributed by atoms with Crippen molar-refractivity contribution in [2.45, 2.75) is 6.42 Å². The van der Waals surface area contributed by atoms with Gasteiger partial charge in [-0.15, -0.1) is 5.10 Å². The Morgan fingerprint density at radius 2 is 1.75 bits per heavy atom. The fourth-order valence-electron chi connectivity index (χ4n) is 3.66. The summed E-state index contributed by atoms with van der Waals surface area (Å²) >= 11 is 0. The van der Waals surface area contributed by atoms with Gasteiger partial charge >= 0.3 is 0 Å². The third kappa shape index (κ3) is 3.96. The Bertz CT molecular complexity index is 1400. The Morgan fingerprint density at radius 3 is 2.56 bits per heavy atom. The Kier molecular flexibility index (Phi) is 5.13. The van der Waals surface area contributed by atoms with Gasteiger partial charge in [0.25, 0.3) is 0 Å². The molecule has 0 atom stereocenters. The number of hydrogen-bond donors (Lipinski definition) is 2. The summed E-state index contributed by atoms with van der Waals surface area (Å²) in [5.74, 6) is -0.133. The first-order valence-corrected chi connectivity index (χ1v) is 10.1. The van der Waals surface area contributed by atoms with Gasteiger partial charge in [-0.2, -0.15) is 5.10 Å². The highest BCUT2D eigenvalue weighted by Crippen LogP contribution is 2.37. The summed E-state index contributed by atoms with van der Waals surface area (Å²) in [7, 11) is 0. The third-order valence-corrected chi connectivity index (χ3v) is 5.12. The van der Waals surface area contributed by atoms with Gasteiger partial charge in [0.1, 0.15) is 17.2 Å². The predicted octanol–water partition coefficient (Wildman–Crippen LogP) is 5.01. The Labute approximate surface area is 183 Å². The molecule has 0 unspecified atom stereocenters. The SMILES string of the molecule is O=C(Cc1ccc(F)cc1)Nc1cc(-c2[nH]c3ccnnc3c2-c2ccccc2)ccn1. The van der Waals surface area contributed by atoms with Gasteiger partial charge in [0.15, 0.2) is 0 Å². The molecule has 7 heteroatoms. The topological polar surface area (TPSA) is 83.6 Å². The lowest BCUT2D eigenvalue weighted by atomic mass is 10.0. The van der Waals surface area contributed by atoms with Gasteiger partial charge in [0, 0.05) is 17.3 Å². The predicted molar refractivity (Wildman–Crippen MR) is 121 cm³/mol. The van der Waals surface area contributed by atoms with Crippen LogP contribution in [0.3, 0.4) is 0 Å². The number of fused-ring (bicyclic) bond motifs is 1. The zero-order chi connectivity index (χ0) is 21.9. The van der Waals surface area contributed by atoms with E-state index in [1.807, 2.05) is 48.5 Å². The van der Waals surface area contributed by atoms with Crippen LogP contribution in [0.1, 0.15) is 5.56 Å². The van der Waals surface area contributed by atoms with Crippen LogP contribution in [0.25, 0.3) is 33.4 Å². The molecule has 0 aliphatic carbocycles. The van der Waals surface area contributed by atoms with Crippen LogP contribution in [0.2, 0.25) is 0 Å². The van der Waals surface area contributed by atoms with Crippen LogP contribution in [-0.2, 0) is 11.2 Å². The molecule has 0 saturated carbocycles. The Balaban J connectivity index is 1.48. The largest absolute Gasteiger partial charge is 0.353 e. The maximum absolute atomic E-state index is 13.1. The molecule has 2 aromatic carbocycles. The number of nitrogens with one attached hydrogen (secondary N) is 2. The van der Waals surface area contributed by atoms with Crippen LogP contribution in [0.15, 0.2) is 85.2 Å². The number of rotatable bonds is 5. The Morgan fingerprint density at radius 1 is 0.938 bits per heavy atom. The molecule has 32 heavy (non-hydrogen) atoms. The number of hydrogen-bond acceptors (Lipinski definition) is 4. The number of carbonyl (C=O) groups is 1. The quantitative estimate of drug-likeness (QED) is 0.416. The summed E-state index contributed by atoms with van der Waals surface area (Å²) in [6, 6.07) is 21.4. The molecule has 3 aromatic heterocycles. The maximum atomic E-state index is 13.1. The minimum Gasteiger partial charge on any atom is -0.353 e. The zero-order valence-corrected chi connectivity index (χ0v) is 16.9. The van der Waals surface area contributed by atoms with E-state index in [4.69, 9.17) is 0 Å². The van der Waals surface area contributed by atoms with E-state index in [0.717, 1.165) is 39.0 Å². The van der Waals surface area contributed by atoms with E-state index in [0.29, 0.717) is 5.82 Å². The molecule has 5 aromatic rings. The average Bonchev–Trinajstić information content (AvgIpc) is 3.21. The average molecular weight is 423 g/mol. The van der Waals surface area contributed by atoms with Gasteiger partial charge in [-0.1, -0.05) is 42.5 Å². The van der Waals surface area contributed by atoms with E-state index >= 15 is 0 Å². The number of aromatic amines is 1. The van der Waals surface area contributed by atoms with Crippen molar-refractivity contribution in [2.75, 3.05) is 5.32 Å². The van der Waals surface area contributed by atoms with Crippen LogP contribution in [0, 0.1) is 5.82 Å². The highest BCUT2D eigenvalue weighted by atomic mass is 19.1. The summed E-state index contributed by atoms with van der Waals surface area (Å²) in [5.41, 5.74) is 6.02. The molecule has 0 aliphatic heterocycles. The van der Waals surface area contributed by atoms with Crippen molar-refractivity contribution in [3.05, 3.63) is 96.6 Å². The van der Waals surface area contributed by atoms with E-state index in [9.17, 15) is 9.18 Å². The monoisotopic (exact) mass is 423 g/mol. The van der Waals surface area contributed by atoms with E-state index < -0.39 is 0 Å². The van der Waals surface area contributed by atoms with Gasteiger partial charge in [0.05, 0.1) is 23.8 Å². The second-order valence-electron chi connectivity index (χ2n) is 7.32. The van der Waals surface area contributed by atoms with Crippen molar-refractivity contribution < 1.29 is 9.18 Å².